The van der Waals surface area contributed by atoms with Gasteiger partial charge in [-0.1, -0.05) is 6.08 Å². The van der Waals surface area contributed by atoms with E-state index in [-0.39, 0.29) is 29.8 Å². The summed E-state index contributed by atoms with van der Waals surface area (Å²) in [6, 6.07) is 6.08. The molecule has 0 aliphatic carbocycles. The molecule has 8 heteroatoms. The van der Waals surface area contributed by atoms with E-state index in [2.05, 4.69) is 16.6 Å². The lowest BCUT2D eigenvalue weighted by Gasteiger charge is -2.32. The third kappa shape index (κ3) is 5.81. The predicted molar refractivity (Wildman–Crippen MR) is 102 cm³/mol. The van der Waals surface area contributed by atoms with E-state index in [9.17, 15) is 13.2 Å². The molecule has 0 aromatic heterocycles. The van der Waals surface area contributed by atoms with Crippen LogP contribution in [0.2, 0.25) is 0 Å². The largest absolute Gasteiger partial charge is 0.339 e. The molecule has 1 fully saturated rings. The van der Waals surface area contributed by atoms with Gasteiger partial charge in [0.05, 0.1) is 4.90 Å². The second kappa shape index (κ2) is 9.91. The maximum atomic E-state index is 12.5. The van der Waals surface area contributed by atoms with Crippen molar-refractivity contribution in [3.8, 4) is 0 Å². The molecule has 25 heavy (non-hydrogen) atoms. The van der Waals surface area contributed by atoms with Crippen LogP contribution < -0.4 is 10.0 Å². The number of benzene rings is 1. The Labute approximate surface area is 156 Å². The zero-order chi connectivity index (χ0) is 17.6. The van der Waals surface area contributed by atoms with Gasteiger partial charge in [0, 0.05) is 25.2 Å². The summed E-state index contributed by atoms with van der Waals surface area (Å²) in [5, 5.41) is 3.18. The van der Waals surface area contributed by atoms with Gasteiger partial charge in [-0.15, -0.1) is 19.0 Å². The molecule has 0 bridgehead atoms. The molecule has 0 radical (unpaired) electrons. The molecule has 6 nitrogen and oxygen atoms in total. The van der Waals surface area contributed by atoms with E-state index in [1.807, 2.05) is 11.9 Å². The SMILES string of the molecule is C=CCNS(=O)(=O)c1ccc(C(=O)N2CCC(CNC)CC2)cc1.Cl. The standard InChI is InChI=1S/C17H25N3O3S.ClH/c1-3-10-19-24(22,23)16-6-4-15(5-7-16)17(21)20-11-8-14(9-12-20)13-18-2;/h3-7,14,18-19H,1,8-13H2,2H3;1H. The molecular weight excluding hydrogens is 362 g/mol. The third-order valence-corrected chi connectivity index (χ3v) is 5.66. The highest BCUT2D eigenvalue weighted by atomic mass is 35.5. The van der Waals surface area contributed by atoms with Crippen molar-refractivity contribution in [2.24, 2.45) is 5.92 Å². The van der Waals surface area contributed by atoms with Crippen molar-refractivity contribution in [3.63, 3.8) is 0 Å². The number of carbonyl (C=O) groups excluding carboxylic acids is 1. The third-order valence-electron chi connectivity index (χ3n) is 4.22. The zero-order valence-electron chi connectivity index (χ0n) is 14.4. The molecule has 2 N–H and O–H groups in total. The van der Waals surface area contributed by atoms with Gasteiger partial charge >= 0.3 is 0 Å². The van der Waals surface area contributed by atoms with Crippen molar-refractivity contribution in [2.45, 2.75) is 17.7 Å². The minimum Gasteiger partial charge on any atom is -0.339 e. The molecule has 1 heterocycles. The molecule has 1 saturated heterocycles. The molecule has 1 aliphatic heterocycles. The lowest BCUT2D eigenvalue weighted by Crippen LogP contribution is -2.40. The second-order valence-electron chi connectivity index (χ2n) is 5.96. The van der Waals surface area contributed by atoms with Crippen LogP contribution in [0.4, 0.5) is 0 Å². The molecule has 140 valence electrons. The van der Waals surface area contributed by atoms with E-state index in [0.717, 1.165) is 32.5 Å². The summed E-state index contributed by atoms with van der Waals surface area (Å²) in [5.74, 6) is 0.573. The highest BCUT2D eigenvalue weighted by molar-refractivity contribution is 7.89. The Hall–Kier alpha value is -1.41. The zero-order valence-corrected chi connectivity index (χ0v) is 16.0. The number of halogens is 1. The molecule has 1 aromatic rings. The first kappa shape index (κ1) is 21.6. The molecule has 0 spiro atoms. The number of rotatable bonds is 7. The number of nitrogens with zero attached hydrogens (tertiary/aromatic N) is 1. The Bertz CT molecular complexity index is 669. The first-order valence-corrected chi connectivity index (χ1v) is 9.60. The van der Waals surface area contributed by atoms with Crippen molar-refractivity contribution in [3.05, 3.63) is 42.5 Å². The summed E-state index contributed by atoms with van der Waals surface area (Å²) in [7, 11) is -1.61. The first-order chi connectivity index (χ1) is 11.5. The smallest absolute Gasteiger partial charge is 0.253 e. The predicted octanol–water partition coefficient (Wildman–Crippen LogP) is 1.64. The van der Waals surface area contributed by atoms with Crippen LogP contribution in [0.25, 0.3) is 0 Å². The average molecular weight is 388 g/mol. The molecule has 1 aliphatic rings. The summed E-state index contributed by atoms with van der Waals surface area (Å²) < 4.78 is 26.4. The van der Waals surface area contributed by atoms with E-state index in [4.69, 9.17) is 0 Å². The van der Waals surface area contributed by atoms with Gasteiger partial charge in [0.25, 0.3) is 5.91 Å². The van der Waals surface area contributed by atoms with Crippen molar-refractivity contribution in [2.75, 3.05) is 33.2 Å². The van der Waals surface area contributed by atoms with E-state index >= 15 is 0 Å². The summed E-state index contributed by atoms with van der Waals surface area (Å²) >= 11 is 0. The second-order valence-corrected chi connectivity index (χ2v) is 7.73. The van der Waals surface area contributed by atoms with Crippen LogP contribution in [0.1, 0.15) is 23.2 Å². The number of carbonyl (C=O) groups is 1. The van der Waals surface area contributed by atoms with Crippen molar-refractivity contribution >= 4 is 28.3 Å². The number of hydrogen-bond acceptors (Lipinski definition) is 4. The van der Waals surface area contributed by atoms with Crippen LogP contribution in [0.3, 0.4) is 0 Å². The van der Waals surface area contributed by atoms with Gasteiger partial charge in [0.15, 0.2) is 0 Å². The summed E-state index contributed by atoms with van der Waals surface area (Å²) in [6.45, 7) is 6.12. The van der Waals surface area contributed by atoms with Crippen molar-refractivity contribution < 1.29 is 13.2 Å². The Morgan fingerprint density at radius 1 is 1.28 bits per heavy atom. The Morgan fingerprint density at radius 3 is 2.40 bits per heavy atom. The fourth-order valence-electron chi connectivity index (χ4n) is 2.84. The van der Waals surface area contributed by atoms with Crippen molar-refractivity contribution in [1.82, 2.24) is 14.9 Å². The average Bonchev–Trinajstić information content (AvgIpc) is 2.60. The van der Waals surface area contributed by atoms with Crippen LogP contribution in [0, 0.1) is 5.92 Å². The number of piperidine rings is 1. The van der Waals surface area contributed by atoms with Crippen LogP contribution in [0.15, 0.2) is 41.8 Å². The fraction of sp³-hybridized carbons (Fsp3) is 0.471. The lowest BCUT2D eigenvalue weighted by molar-refractivity contribution is 0.0691. The van der Waals surface area contributed by atoms with Crippen LogP contribution in [-0.2, 0) is 10.0 Å². The maximum Gasteiger partial charge on any atom is 0.253 e. The van der Waals surface area contributed by atoms with Gasteiger partial charge < -0.3 is 10.2 Å². The molecule has 1 amide bonds. The topological polar surface area (TPSA) is 78.5 Å². The Balaban J connectivity index is 0.00000312. The van der Waals surface area contributed by atoms with Gasteiger partial charge in [-0.2, -0.15) is 0 Å². The van der Waals surface area contributed by atoms with E-state index in [1.54, 1.807) is 12.1 Å². The number of amides is 1. The highest BCUT2D eigenvalue weighted by Crippen LogP contribution is 2.19. The number of nitrogens with one attached hydrogen (secondary N) is 2. The Morgan fingerprint density at radius 2 is 1.88 bits per heavy atom. The minimum atomic E-state index is -3.56. The number of sulfonamides is 1. The Kier molecular flexibility index (Phi) is 8.58. The monoisotopic (exact) mass is 387 g/mol. The molecule has 0 saturated carbocycles. The molecule has 0 atom stereocenters. The van der Waals surface area contributed by atoms with Crippen LogP contribution >= 0.6 is 12.4 Å². The van der Waals surface area contributed by atoms with Crippen LogP contribution in [-0.4, -0.2) is 52.5 Å². The molecular formula is C17H26ClN3O3S. The number of hydrogen-bond donors (Lipinski definition) is 2. The van der Waals surface area contributed by atoms with Gasteiger partial charge in [-0.25, -0.2) is 13.1 Å². The summed E-state index contributed by atoms with van der Waals surface area (Å²) in [4.78, 5) is 14.5. The normalized spacial score (nSPS) is 15.5. The van der Waals surface area contributed by atoms with Gasteiger partial charge in [0.1, 0.15) is 0 Å². The minimum absolute atomic E-state index is 0. The van der Waals surface area contributed by atoms with E-state index < -0.39 is 10.0 Å². The van der Waals surface area contributed by atoms with Gasteiger partial charge in [-0.3, -0.25) is 4.79 Å². The quantitative estimate of drug-likeness (QED) is 0.697. The summed E-state index contributed by atoms with van der Waals surface area (Å²) in [5.41, 5.74) is 0.518. The van der Waals surface area contributed by atoms with Gasteiger partial charge in [-0.05, 0) is 56.6 Å². The van der Waals surface area contributed by atoms with E-state index in [1.165, 1.54) is 18.2 Å². The van der Waals surface area contributed by atoms with Crippen molar-refractivity contribution in [1.29, 1.82) is 0 Å². The molecule has 0 unspecified atom stereocenters. The fourth-order valence-corrected chi connectivity index (χ4v) is 3.84. The van der Waals surface area contributed by atoms with Crippen LogP contribution in [0.5, 0.6) is 0 Å². The van der Waals surface area contributed by atoms with Gasteiger partial charge in [0.2, 0.25) is 10.0 Å². The molecule has 1 aromatic carbocycles. The highest BCUT2D eigenvalue weighted by Gasteiger charge is 2.23. The number of likely N-dealkylation sites (tertiary alicyclic amines) is 1. The van der Waals surface area contributed by atoms with E-state index in [0.29, 0.717) is 11.5 Å². The lowest BCUT2D eigenvalue weighted by atomic mass is 9.96. The molecule has 2 rings (SSSR count). The maximum absolute atomic E-state index is 12.5. The summed E-state index contributed by atoms with van der Waals surface area (Å²) in [6.07, 6.45) is 3.46. The first-order valence-electron chi connectivity index (χ1n) is 8.12.